The molecule has 1 atom stereocenters. The summed E-state index contributed by atoms with van der Waals surface area (Å²) < 4.78 is 13.0. The second-order valence-corrected chi connectivity index (χ2v) is 10.4. The largest absolute Gasteiger partial charge is 0.497 e. The van der Waals surface area contributed by atoms with Gasteiger partial charge in [-0.05, 0) is 59.0 Å². The van der Waals surface area contributed by atoms with Gasteiger partial charge in [0.25, 0.3) is 5.56 Å². The van der Waals surface area contributed by atoms with Crippen molar-refractivity contribution < 1.29 is 9.47 Å². The quantitative estimate of drug-likeness (QED) is 0.384. The van der Waals surface area contributed by atoms with E-state index >= 15 is 0 Å². The van der Waals surface area contributed by atoms with E-state index < -0.39 is 0 Å². The highest BCUT2D eigenvalue weighted by atomic mass is 16.5. The van der Waals surface area contributed by atoms with Gasteiger partial charge in [0.1, 0.15) is 17.5 Å². The third-order valence-electron chi connectivity index (χ3n) is 8.17. The van der Waals surface area contributed by atoms with Crippen LogP contribution >= 0.6 is 0 Å². The summed E-state index contributed by atoms with van der Waals surface area (Å²) in [6, 6.07) is 15.7. The number of para-hydroxylation sites is 2. The van der Waals surface area contributed by atoms with Gasteiger partial charge < -0.3 is 19.4 Å². The Morgan fingerprint density at radius 2 is 1.74 bits per heavy atom. The minimum Gasteiger partial charge on any atom is -0.497 e. The van der Waals surface area contributed by atoms with Crippen LogP contribution in [0.25, 0.3) is 10.9 Å². The van der Waals surface area contributed by atoms with Crippen LogP contribution in [0.3, 0.4) is 0 Å². The predicted molar refractivity (Wildman–Crippen MR) is 150 cm³/mol. The van der Waals surface area contributed by atoms with Gasteiger partial charge in [-0.15, -0.1) is 5.10 Å². The molecule has 6 rings (SSSR count). The molecule has 10 heteroatoms. The number of hydrogen-bond donors (Lipinski definition) is 1. The summed E-state index contributed by atoms with van der Waals surface area (Å²) in [4.78, 5) is 21.4. The Morgan fingerprint density at radius 1 is 0.949 bits per heavy atom. The Hall–Kier alpha value is -3.92. The van der Waals surface area contributed by atoms with Crippen LogP contribution < -0.4 is 19.9 Å². The van der Waals surface area contributed by atoms with Crippen LogP contribution in [-0.2, 0) is 0 Å². The van der Waals surface area contributed by atoms with E-state index in [9.17, 15) is 4.79 Å². The van der Waals surface area contributed by atoms with Crippen LogP contribution in [0, 0.1) is 0 Å². The number of aromatic amines is 1. The zero-order valence-corrected chi connectivity index (χ0v) is 22.5. The lowest BCUT2D eigenvalue weighted by Gasteiger charge is -2.40. The maximum atomic E-state index is 13.6. The number of anilines is 1. The van der Waals surface area contributed by atoms with Crippen LogP contribution in [0.5, 0.6) is 11.5 Å². The molecular formula is C29H35N7O3. The smallest absolute Gasteiger partial charge is 0.253 e. The Bertz CT molecular complexity index is 1490. The molecule has 1 aliphatic carbocycles. The maximum Gasteiger partial charge on any atom is 0.253 e. The first-order valence-corrected chi connectivity index (χ1v) is 13.8. The Balaban J connectivity index is 1.38. The van der Waals surface area contributed by atoms with Crippen molar-refractivity contribution in [2.24, 2.45) is 0 Å². The van der Waals surface area contributed by atoms with Crippen LogP contribution in [0.4, 0.5) is 5.69 Å². The molecule has 1 N–H and O–H groups in total. The molecule has 2 aromatic carbocycles. The van der Waals surface area contributed by atoms with Gasteiger partial charge in [0.2, 0.25) is 0 Å². The number of rotatable bonds is 7. The molecule has 0 unspecified atom stereocenters. The van der Waals surface area contributed by atoms with E-state index in [0.29, 0.717) is 11.3 Å². The minimum atomic E-state index is -0.364. The molecule has 3 heterocycles. The number of methoxy groups -OCH3 is 2. The van der Waals surface area contributed by atoms with Gasteiger partial charge in [0, 0.05) is 37.8 Å². The summed E-state index contributed by atoms with van der Waals surface area (Å²) in [5.74, 6) is 2.31. The van der Waals surface area contributed by atoms with Crippen molar-refractivity contribution in [3.63, 3.8) is 0 Å². The molecule has 204 valence electrons. The highest BCUT2D eigenvalue weighted by Crippen LogP contribution is 2.35. The van der Waals surface area contributed by atoms with Crippen molar-refractivity contribution in [1.82, 2.24) is 30.1 Å². The first-order valence-electron chi connectivity index (χ1n) is 13.8. The number of aromatic nitrogens is 5. The second-order valence-electron chi connectivity index (χ2n) is 10.4. The molecule has 1 aliphatic heterocycles. The van der Waals surface area contributed by atoms with Crippen molar-refractivity contribution >= 4 is 16.6 Å². The fourth-order valence-electron chi connectivity index (χ4n) is 6.10. The first-order chi connectivity index (χ1) is 19.2. The number of piperazine rings is 1. The molecule has 39 heavy (non-hydrogen) atoms. The van der Waals surface area contributed by atoms with E-state index in [1.54, 1.807) is 14.2 Å². The van der Waals surface area contributed by atoms with Crippen LogP contribution in [0.15, 0.2) is 53.3 Å². The summed E-state index contributed by atoms with van der Waals surface area (Å²) in [5.41, 5.74) is 2.35. The molecule has 4 aromatic rings. The zero-order valence-electron chi connectivity index (χ0n) is 22.5. The first kappa shape index (κ1) is 25.4. The Morgan fingerprint density at radius 3 is 2.51 bits per heavy atom. The summed E-state index contributed by atoms with van der Waals surface area (Å²) >= 11 is 0. The Kier molecular flexibility index (Phi) is 7.19. The second kappa shape index (κ2) is 11.1. The molecule has 0 spiro atoms. The highest BCUT2D eigenvalue weighted by molar-refractivity contribution is 5.80. The van der Waals surface area contributed by atoms with Gasteiger partial charge in [-0.2, -0.15) is 0 Å². The van der Waals surface area contributed by atoms with Crippen molar-refractivity contribution in [3.8, 4) is 11.5 Å². The lowest BCUT2D eigenvalue weighted by Crippen LogP contribution is -2.49. The number of H-pyrrole nitrogens is 1. The number of pyridine rings is 1. The monoisotopic (exact) mass is 529 g/mol. The van der Waals surface area contributed by atoms with E-state index in [-0.39, 0.29) is 17.6 Å². The number of benzene rings is 2. The van der Waals surface area contributed by atoms with Crippen molar-refractivity contribution in [2.45, 2.75) is 44.2 Å². The van der Waals surface area contributed by atoms with Crippen molar-refractivity contribution in [1.29, 1.82) is 0 Å². The lowest BCUT2D eigenvalue weighted by atomic mass is 9.95. The van der Waals surface area contributed by atoms with Crippen LogP contribution in [0.1, 0.15) is 55.6 Å². The predicted octanol–water partition coefficient (Wildman–Crippen LogP) is 3.95. The number of fused-ring (bicyclic) bond motifs is 1. The minimum absolute atomic E-state index is 0.133. The standard InChI is InChI=1S/C29H35N7O3/c1-38-22-13-12-20-18-23(29(37)30-24(20)19-22)27(28-31-32-33-36(28)21-8-4-3-5-9-21)35-16-14-34(15-17-35)25-10-6-7-11-26(25)39-2/h6-7,10-13,18-19,21,27H,3-5,8-9,14-17H2,1-2H3,(H,30,37)/t27-/m0/s1. The number of tetrazole rings is 1. The van der Waals surface area contributed by atoms with E-state index in [1.165, 1.54) is 19.3 Å². The van der Waals surface area contributed by atoms with Crippen LogP contribution in [0.2, 0.25) is 0 Å². The molecule has 2 aromatic heterocycles. The van der Waals surface area contributed by atoms with E-state index in [0.717, 1.165) is 67.2 Å². The lowest BCUT2D eigenvalue weighted by molar-refractivity contribution is 0.192. The summed E-state index contributed by atoms with van der Waals surface area (Å²) in [5, 5.41) is 14.1. The number of hydrogen-bond acceptors (Lipinski definition) is 8. The van der Waals surface area contributed by atoms with Gasteiger partial charge in [0.15, 0.2) is 5.82 Å². The third-order valence-corrected chi connectivity index (χ3v) is 8.17. The molecule has 2 fully saturated rings. The number of nitrogens with one attached hydrogen (secondary N) is 1. The van der Waals surface area contributed by atoms with Crippen molar-refractivity contribution in [3.05, 3.63) is 70.3 Å². The van der Waals surface area contributed by atoms with Gasteiger partial charge >= 0.3 is 0 Å². The highest BCUT2D eigenvalue weighted by Gasteiger charge is 2.34. The van der Waals surface area contributed by atoms with Crippen LogP contribution in [-0.4, -0.2) is 70.5 Å². The molecule has 10 nitrogen and oxygen atoms in total. The van der Waals surface area contributed by atoms with Gasteiger partial charge in [-0.3, -0.25) is 9.69 Å². The van der Waals surface area contributed by atoms with Gasteiger partial charge in [-0.25, -0.2) is 4.68 Å². The third kappa shape index (κ3) is 4.96. The molecule has 2 aliphatic rings. The fraction of sp³-hybridized carbons (Fsp3) is 0.448. The molecule has 0 amide bonds. The number of nitrogens with zero attached hydrogens (tertiary/aromatic N) is 6. The summed E-state index contributed by atoms with van der Waals surface area (Å²) in [6.45, 7) is 3.09. The molecular weight excluding hydrogens is 494 g/mol. The maximum absolute atomic E-state index is 13.6. The normalized spacial score (nSPS) is 17.8. The average Bonchev–Trinajstić information content (AvgIpc) is 3.47. The summed E-state index contributed by atoms with van der Waals surface area (Å²) in [7, 11) is 3.33. The number of ether oxygens (including phenoxy) is 2. The molecule has 1 saturated carbocycles. The van der Waals surface area contributed by atoms with E-state index in [1.807, 2.05) is 47.1 Å². The summed E-state index contributed by atoms with van der Waals surface area (Å²) in [6.07, 6.45) is 5.70. The van der Waals surface area contributed by atoms with Gasteiger partial charge in [-0.1, -0.05) is 31.4 Å². The zero-order chi connectivity index (χ0) is 26.8. The molecule has 0 bridgehead atoms. The molecule has 0 radical (unpaired) electrons. The average molecular weight is 530 g/mol. The van der Waals surface area contributed by atoms with E-state index in [4.69, 9.17) is 9.47 Å². The van der Waals surface area contributed by atoms with E-state index in [2.05, 4.69) is 36.4 Å². The molecule has 1 saturated heterocycles. The Labute approximate surface area is 227 Å². The SMILES string of the molecule is COc1ccc2cc([C@@H](c3nnnn3C3CCCCC3)N3CCN(c4ccccc4OC)CC3)c(=O)[nH]c2c1. The van der Waals surface area contributed by atoms with Crippen molar-refractivity contribution in [2.75, 3.05) is 45.3 Å². The fourth-order valence-corrected chi connectivity index (χ4v) is 6.10. The van der Waals surface area contributed by atoms with Gasteiger partial charge in [0.05, 0.1) is 31.5 Å². The topological polar surface area (TPSA) is 101 Å².